The molecule has 2 aromatic carbocycles. The molecule has 0 saturated carbocycles. The molecule has 5 heteroatoms. The largest absolute Gasteiger partial charge is 0.489 e. The molecular formula is C15H12F2O3. The van der Waals surface area contributed by atoms with Crippen LogP contribution >= 0.6 is 0 Å². The summed E-state index contributed by atoms with van der Waals surface area (Å²) in [6, 6.07) is 9.61. The van der Waals surface area contributed by atoms with Gasteiger partial charge in [0.05, 0.1) is 12.7 Å². The molecule has 20 heavy (non-hydrogen) atoms. The lowest BCUT2D eigenvalue weighted by atomic mass is 10.1. The Balaban J connectivity index is 2.16. The average Bonchev–Trinajstić information content (AvgIpc) is 2.43. The number of rotatable bonds is 4. The van der Waals surface area contributed by atoms with Gasteiger partial charge in [-0.3, -0.25) is 0 Å². The standard InChI is InChI=1S/C15H12F2O3/c1-19-15(18)14-5-3-2-4-10(14)9-20-13-7-11(16)6-12(17)8-13/h2-8H,9H2,1H3. The van der Waals surface area contributed by atoms with E-state index in [1.165, 1.54) is 7.11 Å². The van der Waals surface area contributed by atoms with Crippen LogP contribution in [0, 0.1) is 11.6 Å². The molecule has 0 saturated heterocycles. The van der Waals surface area contributed by atoms with E-state index in [1.807, 2.05) is 0 Å². The van der Waals surface area contributed by atoms with Crippen molar-refractivity contribution < 1.29 is 23.0 Å². The van der Waals surface area contributed by atoms with Crippen LogP contribution in [0.15, 0.2) is 42.5 Å². The Hall–Kier alpha value is -2.43. The first-order valence-corrected chi connectivity index (χ1v) is 5.85. The van der Waals surface area contributed by atoms with E-state index in [-0.39, 0.29) is 12.4 Å². The van der Waals surface area contributed by atoms with Crippen molar-refractivity contribution in [3.63, 3.8) is 0 Å². The van der Waals surface area contributed by atoms with Crippen LogP contribution in [0.1, 0.15) is 15.9 Å². The molecule has 0 atom stereocenters. The van der Waals surface area contributed by atoms with E-state index >= 15 is 0 Å². The molecule has 0 spiro atoms. The first-order valence-electron chi connectivity index (χ1n) is 5.85. The molecule has 2 rings (SSSR count). The zero-order valence-electron chi connectivity index (χ0n) is 10.7. The molecule has 0 radical (unpaired) electrons. The van der Waals surface area contributed by atoms with E-state index in [0.29, 0.717) is 11.1 Å². The maximum absolute atomic E-state index is 13.0. The van der Waals surface area contributed by atoms with Crippen LogP contribution in [-0.2, 0) is 11.3 Å². The fraction of sp³-hybridized carbons (Fsp3) is 0.133. The van der Waals surface area contributed by atoms with Gasteiger partial charge in [-0.15, -0.1) is 0 Å². The van der Waals surface area contributed by atoms with Crippen molar-refractivity contribution in [3.8, 4) is 5.75 Å². The second kappa shape index (κ2) is 6.14. The molecule has 0 N–H and O–H groups in total. The highest BCUT2D eigenvalue weighted by atomic mass is 19.1. The zero-order valence-corrected chi connectivity index (χ0v) is 10.7. The first-order chi connectivity index (χ1) is 9.60. The van der Waals surface area contributed by atoms with Crippen molar-refractivity contribution in [1.82, 2.24) is 0 Å². The van der Waals surface area contributed by atoms with Crippen LogP contribution < -0.4 is 4.74 Å². The quantitative estimate of drug-likeness (QED) is 0.805. The van der Waals surface area contributed by atoms with Gasteiger partial charge in [0, 0.05) is 23.8 Å². The summed E-state index contributed by atoms with van der Waals surface area (Å²) in [6.07, 6.45) is 0. The minimum atomic E-state index is -0.721. The Morgan fingerprint density at radius 2 is 1.75 bits per heavy atom. The van der Waals surface area contributed by atoms with Gasteiger partial charge in [0.25, 0.3) is 0 Å². The van der Waals surface area contributed by atoms with Gasteiger partial charge in [0.2, 0.25) is 0 Å². The Morgan fingerprint density at radius 3 is 2.40 bits per heavy atom. The lowest BCUT2D eigenvalue weighted by Crippen LogP contribution is -2.07. The number of esters is 1. The number of halogens is 2. The van der Waals surface area contributed by atoms with Gasteiger partial charge in [-0.2, -0.15) is 0 Å². The summed E-state index contributed by atoms with van der Waals surface area (Å²) < 4.78 is 36.0. The minimum absolute atomic E-state index is 0.00810. The molecule has 0 aliphatic carbocycles. The number of carbonyl (C=O) groups excluding carboxylic acids is 1. The van der Waals surface area contributed by atoms with Crippen molar-refractivity contribution in [2.24, 2.45) is 0 Å². The molecule has 0 aliphatic heterocycles. The second-order valence-corrected chi connectivity index (χ2v) is 4.04. The number of hydrogen-bond acceptors (Lipinski definition) is 3. The number of carbonyl (C=O) groups is 1. The lowest BCUT2D eigenvalue weighted by molar-refractivity contribution is 0.0597. The predicted molar refractivity (Wildman–Crippen MR) is 68.5 cm³/mol. The minimum Gasteiger partial charge on any atom is -0.489 e. The molecule has 0 unspecified atom stereocenters. The van der Waals surface area contributed by atoms with Gasteiger partial charge in [-0.05, 0) is 6.07 Å². The molecule has 104 valence electrons. The van der Waals surface area contributed by atoms with Gasteiger partial charge >= 0.3 is 5.97 Å². The van der Waals surface area contributed by atoms with Gasteiger partial charge in [0.15, 0.2) is 0 Å². The average molecular weight is 278 g/mol. The first kappa shape index (κ1) is 14.0. The van der Waals surface area contributed by atoms with Gasteiger partial charge < -0.3 is 9.47 Å². The van der Waals surface area contributed by atoms with Gasteiger partial charge in [-0.1, -0.05) is 18.2 Å². The number of benzene rings is 2. The third-order valence-electron chi connectivity index (χ3n) is 2.65. The van der Waals surface area contributed by atoms with E-state index in [1.54, 1.807) is 24.3 Å². The third-order valence-corrected chi connectivity index (χ3v) is 2.65. The van der Waals surface area contributed by atoms with Gasteiger partial charge in [-0.25, -0.2) is 13.6 Å². The number of hydrogen-bond donors (Lipinski definition) is 0. The van der Waals surface area contributed by atoms with E-state index in [0.717, 1.165) is 18.2 Å². The van der Waals surface area contributed by atoms with Crippen molar-refractivity contribution >= 4 is 5.97 Å². The molecule has 2 aromatic rings. The normalized spacial score (nSPS) is 10.2. The summed E-state index contributed by atoms with van der Waals surface area (Å²) in [5.41, 5.74) is 0.927. The molecule has 0 fully saturated rings. The molecule has 0 amide bonds. The predicted octanol–water partition coefficient (Wildman–Crippen LogP) is 3.33. The molecule has 0 aromatic heterocycles. The van der Waals surface area contributed by atoms with Crippen LogP contribution in [0.5, 0.6) is 5.75 Å². The van der Waals surface area contributed by atoms with Crippen LogP contribution in [0.4, 0.5) is 8.78 Å². The van der Waals surface area contributed by atoms with Crippen molar-refractivity contribution in [2.75, 3.05) is 7.11 Å². The zero-order chi connectivity index (χ0) is 14.5. The van der Waals surface area contributed by atoms with Crippen LogP contribution in [0.2, 0.25) is 0 Å². The maximum atomic E-state index is 13.0. The summed E-state index contributed by atoms with van der Waals surface area (Å²) in [6.45, 7) is 0.00810. The van der Waals surface area contributed by atoms with E-state index in [9.17, 15) is 13.6 Å². The highest BCUT2D eigenvalue weighted by Crippen LogP contribution is 2.18. The summed E-state index contributed by atoms with van der Waals surface area (Å²) in [7, 11) is 1.28. The fourth-order valence-corrected chi connectivity index (χ4v) is 1.73. The molecular weight excluding hydrogens is 266 g/mol. The van der Waals surface area contributed by atoms with Crippen LogP contribution in [0.3, 0.4) is 0 Å². The maximum Gasteiger partial charge on any atom is 0.338 e. The Kier molecular flexibility index (Phi) is 4.30. The van der Waals surface area contributed by atoms with Crippen molar-refractivity contribution in [3.05, 3.63) is 65.2 Å². The van der Waals surface area contributed by atoms with Gasteiger partial charge in [0.1, 0.15) is 24.0 Å². The number of methoxy groups -OCH3 is 1. The van der Waals surface area contributed by atoms with E-state index in [2.05, 4.69) is 4.74 Å². The van der Waals surface area contributed by atoms with Crippen LogP contribution in [0.25, 0.3) is 0 Å². The van der Waals surface area contributed by atoms with Crippen LogP contribution in [-0.4, -0.2) is 13.1 Å². The van der Waals surface area contributed by atoms with E-state index in [4.69, 9.17) is 4.74 Å². The summed E-state index contributed by atoms with van der Waals surface area (Å²) in [5.74, 6) is -1.88. The molecule has 3 nitrogen and oxygen atoms in total. The topological polar surface area (TPSA) is 35.5 Å². The van der Waals surface area contributed by atoms with Crippen molar-refractivity contribution in [2.45, 2.75) is 6.61 Å². The SMILES string of the molecule is COC(=O)c1ccccc1COc1cc(F)cc(F)c1. The molecule has 0 aliphatic rings. The Labute approximate surface area is 114 Å². The van der Waals surface area contributed by atoms with Crippen molar-refractivity contribution in [1.29, 1.82) is 0 Å². The highest BCUT2D eigenvalue weighted by molar-refractivity contribution is 5.90. The monoisotopic (exact) mass is 278 g/mol. The summed E-state index contributed by atoms with van der Waals surface area (Å²) in [4.78, 5) is 11.6. The molecule has 0 heterocycles. The number of ether oxygens (including phenoxy) is 2. The second-order valence-electron chi connectivity index (χ2n) is 4.04. The smallest absolute Gasteiger partial charge is 0.338 e. The third kappa shape index (κ3) is 3.32. The Bertz CT molecular complexity index is 606. The molecule has 0 bridgehead atoms. The Morgan fingerprint density at radius 1 is 1.10 bits per heavy atom. The fourth-order valence-electron chi connectivity index (χ4n) is 1.73. The van der Waals surface area contributed by atoms with E-state index < -0.39 is 17.6 Å². The lowest BCUT2D eigenvalue weighted by Gasteiger charge is -2.10. The summed E-state index contributed by atoms with van der Waals surface area (Å²) in [5, 5.41) is 0. The summed E-state index contributed by atoms with van der Waals surface area (Å²) >= 11 is 0. The highest BCUT2D eigenvalue weighted by Gasteiger charge is 2.11.